The number of nitrogens with one attached hydrogen (secondary N) is 1. The van der Waals surface area contributed by atoms with E-state index in [0.29, 0.717) is 6.54 Å². The number of benzene rings is 1. The van der Waals surface area contributed by atoms with Gasteiger partial charge in [0, 0.05) is 13.1 Å². The quantitative estimate of drug-likeness (QED) is 0.711. The zero-order valence-corrected chi connectivity index (χ0v) is 10.1. The Labute approximate surface area is 98.6 Å². The first-order valence-electron chi connectivity index (χ1n) is 5.95. The van der Waals surface area contributed by atoms with Gasteiger partial charge in [-0.15, -0.1) is 0 Å². The third-order valence-corrected chi connectivity index (χ3v) is 2.69. The molecule has 2 heteroatoms. The van der Waals surface area contributed by atoms with Crippen molar-refractivity contribution in [2.24, 2.45) is 5.73 Å². The average molecular weight is 218 g/mol. The Morgan fingerprint density at radius 2 is 2.06 bits per heavy atom. The van der Waals surface area contributed by atoms with Gasteiger partial charge >= 0.3 is 0 Å². The van der Waals surface area contributed by atoms with E-state index in [4.69, 9.17) is 5.73 Å². The van der Waals surface area contributed by atoms with Crippen molar-refractivity contribution >= 4 is 0 Å². The molecule has 1 aromatic carbocycles. The molecule has 0 bridgehead atoms. The van der Waals surface area contributed by atoms with Crippen molar-refractivity contribution in [3.8, 4) is 0 Å². The SMILES string of the molecule is C/C=C1/CCCNC1.NCc1ccccc1. The molecule has 1 saturated heterocycles. The lowest BCUT2D eigenvalue weighted by Gasteiger charge is -2.13. The van der Waals surface area contributed by atoms with E-state index in [2.05, 4.69) is 18.3 Å². The van der Waals surface area contributed by atoms with Crippen LogP contribution in [0.5, 0.6) is 0 Å². The molecule has 1 aliphatic rings. The molecule has 88 valence electrons. The molecule has 1 aliphatic heterocycles. The highest BCUT2D eigenvalue weighted by atomic mass is 14.9. The first-order valence-corrected chi connectivity index (χ1v) is 5.95. The molecule has 0 unspecified atom stereocenters. The summed E-state index contributed by atoms with van der Waals surface area (Å²) in [5, 5.41) is 3.32. The van der Waals surface area contributed by atoms with Crippen LogP contribution in [0.15, 0.2) is 42.0 Å². The van der Waals surface area contributed by atoms with Crippen molar-refractivity contribution in [1.82, 2.24) is 5.32 Å². The van der Waals surface area contributed by atoms with Crippen molar-refractivity contribution in [2.45, 2.75) is 26.3 Å². The Hall–Kier alpha value is -1.12. The zero-order valence-electron chi connectivity index (χ0n) is 10.1. The largest absolute Gasteiger partial charge is 0.326 e. The highest BCUT2D eigenvalue weighted by Crippen LogP contribution is 2.06. The van der Waals surface area contributed by atoms with Gasteiger partial charge in [-0.2, -0.15) is 0 Å². The lowest BCUT2D eigenvalue weighted by molar-refractivity contribution is 0.609. The van der Waals surface area contributed by atoms with E-state index in [-0.39, 0.29) is 0 Å². The molecule has 16 heavy (non-hydrogen) atoms. The minimum absolute atomic E-state index is 0.640. The van der Waals surface area contributed by atoms with Crippen LogP contribution in [0, 0.1) is 0 Å². The van der Waals surface area contributed by atoms with Crippen LogP contribution in [-0.2, 0) is 6.54 Å². The zero-order chi connectivity index (χ0) is 11.6. The lowest BCUT2D eigenvalue weighted by atomic mass is 10.1. The van der Waals surface area contributed by atoms with Gasteiger partial charge in [-0.05, 0) is 31.9 Å². The topological polar surface area (TPSA) is 38.0 Å². The third kappa shape index (κ3) is 5.10. The van der Waals surface area contributed by atoms with Crippen LogP contribution in [0.1, 0.15) is 25.3 Å². The number of nitrogens with two attached hydrogens (primary N) is 1. The molecule has 0 aliphatic carbocycles. The molecule has 1 fully saturated rings. The van der Waals surface area contributed by atoms with Crippen molar-refractivity contribution in [2.75, 3.05) is 13.1 Å². The Kier molecular flexibility index (Phi) is 6.54. The lowest BCUT2D eigenvalue weighted by Crippen LogP contribution is -2.23. The van der Waals surface area contributed by atoms with Crippen LogP contribution in [0.4, 0.5) is 0 Å². The van der Waals surface area contributed by atoms with E-state index in [9.17, 15) is 0 Å². The van der Waals surface area contributed by atoms with Crippen molar-refractivity contribution in [1.29, 1.82) is 0 Å². The molecule has 2 nitrogen and oxygen atoms in total. The summed E-state index contributed by atoms with van der Waals surface area (Å²) in [7, 11) is 0. The standard InChI is InChI=1S/C7H13N.C7H9N/c1-2-7-4-3-5-8-6-7;8-6-7-4-2-1-3-5-7/h2,8H,3-6H2,1H3;1-5H,6,8H2/b7-2-;. The van der Waals surface area contributed by atoms with Gasteiger partial charge in [-0.25, -0.2) is 0 Å². The van der Waals surface area contributed by atoms with Crippen molar-refractivity contribution in [3.63, 3.8) is 0 Å². The number of hydrogen-bond donors (Lipinski definition) is 2. The van der Waals surface area contributed by atoms with Gasteiger partial charge in [0.05, 0.1) is 0 Å². The summed E-state index contributed by atoms with van der Waals surface area (Å²) in [6, 6.07) is 9.99. The van der Waals surface area contributed by atoms with Crippen LogP contribution in [0.2, 0.25) is 0 Å². The maximum absolute atomic E-state index is 5.35. The minimum atomic E-state index is 0.640. The predicted molar refractivity (Wildman–Crippen MR) is 70.2 cm³/mol. The maximum Gasteiger partial charge on any atom is 0.0178 e. The monoisotopic (exact) mass is 218 g/mol. The second-order valence-corrected chi connectivity index (χ2v) is 3.92. The molecule has 1 heterocycles. The van der Waals surface area contributed by atoms with Gasteiger partial charge in [0.2, 0.25) is 0 Å². The molecule has 1 aromatic rings. The number of hydrogen-bond acceptors (Lipinski definition) is 2. The van der Waals surface area contributed by atoms with Crippen LogP contribution < -0.4 is 11.1 Å². The fraction of sp³-hybridized carbons (Fsp3) is 0.429. The first-order chi connectivity index (χ1) is 7.86. The maximum atomic E-state index is 5.35. The van der Waals surface area contributed by atoms with Gasteiger partial charge in [-0.3, -0.25) is 0 Å². The first kappa shape index (κ1) is 12.9. The number of allylic oxidation sites excluding steroid dienone is 1. The molecule has 0 radical (unpaired) electrons. The Morgan fingerprint density at radius 3 is 2.44 bits per heavy atom. The summed E-state index contributed by atoms with van der Waals surface area (Å²) in [6.07, 6.45) is 4.84. The number of rotatable bonds is 1. The summed E-state index contributed by atoms with van der Waals surface area (Å²) >= 11 is 0. The van der Waals surface area contributed by atoms with Gasteiger partial charge in [0.25, 0.3) is 0 Å². The van der Waals surface area contributed by atoms with E-state index >= 15 is 0 Å². The molecular formula is C14H22N2. The Morgan fingerprint density at radius 1 is 1.31 bits per heavy atom. The summed E-state index contributed by atoms with van der Waals surface area (Å²) in [5.74, 6) is 0. The second kappa shape index (κ2) is 8.08. The Balaban J connectivity index is 0.000000160. The predicted octanol–water partition coefficient (Wildman–Crippen LogP) is 2.46. The smallest absolute Gasteiger partial charge is 0.0178 e. The Bertz CT molecular complexity index is 296. The van der Waals surface area contributed by atoms with Gasteiger partial charge in [-0.1, -0.05) is 42.0 Å². The summed E-state index contributed by atoms with van der Waals surface area (Å²) in [5.41, 5.74) is 8.10. The molecule has 0 spiro atoms. The minimum Gasteiger partial charge on any atom is -0.326 e. The van der Waals surface area contributed by atoms with Gasteiger partial charge in [0.1, 0.15) is 0 Å². The van der Waals surface area contributed by atoms with Crippen LogP contribution in [-0.4, -0.2) is 13.1 Å². The van der Waals surface area contributed by atoms with Crippen LogP contribution in [0.25, 0.3) is 0 Å². The molecule has 2 rings (SSSR count). The van der Waals surface area contributed by atoms with E-state index in [1.807, 2.05) is 30.3 Å². The molecule has 3 N–H and O–H groups in total. The third-order valence-electron chi connectivity index (χ3n) is 2.69. The molecule has 0 saturated carbocycles. The fourth-order valence-corrected chi connectivity index (χ4v) is 1.64. The van der Waals surface area contributed by atoms with Crippen LogP contribution >= 0.6 is 0 Å². The van der Waals surface area contributed by atoms with E-state index in [0.717, 1.165) is 6.54 Å². The summed E-state index contributed by atoms with van der Waals surface area (Å²) in [4.78, 5) is 0. The van der Waals surface area contributed by atoms with Crippen molar-refractivity contribution < 1.29 is 0 Å². The number of piperidine rings is 1. The second-order valence-electron chi connectivity index (χ2n) is 3.92. The van der Waals surface area contributed by atoms with Gasteiger partial charge in [0.15, 0.2) is 0 Å². The van der Waals surface area contributed by atoms with Crippen molar-refractivity contribution in [3.05, 3.63) is 47.5 Å². The van der Waals surface area contributed by atoms with E-state index in [1.54, 1.807) is 5.57 Å². The van der Waals surface area contributed by atoms with E-state index in [1.165, 1.54) is 24.9 Å². The highest BCUT2D eigenvalue weighted by molar-refractivity contribution is 5.13. The van der Waals surface area contributed by atoms with Crippen LogP contribution in [0.3, 0.4) is 0 Å². The summed E-state index contributed by atoms with van der Waals surface area (Å²) in [6.45, 7) is 5.08. The summed E-state index contributed by atoms with van der Waals surface area (Å²) < 4.78 is 0. The van der Waals surface area contributed by atoms with Gasteiger partial charge < -0.3 is 11.1 Å². The molecule has 0 aromatic heterocycles. The molecular weight excluding hydrogens is 196 g/mol. The molecule has 0 amide bonds. The highest BCUT2D eigenvalue weighted by Gasteiger charge is 2.00. The van der Waals surface area contributed by atoms with E-state index < -0.39 is 0 Å². The normalized spacial score (nSPS) is 17.8. The molecule has 0 atom stereocenters. The fourth-order valence-electron chi connectivity index (χ4n) is 1.64. The average Bonchev–Trinajstić information content (AvgIpc) is 2.41.